The van der Waals surface area contributed by atoms with Gasteiger partial charge in [-0.1, -0.05) is 0 Å². The molecule has 4 N–H and O–H groups in total. The van der Waals surface area contributed by atoms with Gasteiger partial charge in [-0.25, -0.2) is 0 Å². The van der Waals surface area contributed by atoms with E-state index in [1.54, 1.807) is 0 Å². The quantitative estimate of drug-likeness (QED) is 0.205. The minimum atomic E-state index is -5.30. The van der Waals surface area contributed by atoms with Crippen molar-refractivity contribution in [3.8, 4) is 0 Å². The average Bonchev–Trinajstić information content (AvgIpc) is 2.21. The van der Waals surface area contributed by atoms with E-state index in [4.69, 9.17) is 20.4 Å². The summed E-state index contributed by atoms with van der Waals surface area (Å²) in [5, 5.41) is 35.9. The van der Waals surface area contributed by atoms with Crippen LogP contribution in [0.15, 0.2) is 0 Å². The van der Waals surface area contributed by atoms with E-state index in [1.165, 1.54) is 0 Å². The second kappa shape index (κ2) is 8.28. The average molecular weight is 322 g/mol. The Balaban J connectivity index is 0. The number of hydrogen-bond acceptors (Lipinski definition) is 9. The molecule has 105 valence electrons. The Kier molecular flexibility index (Phi) is 9.48. The number of rotatable bonds is 7. The van der Waals surface area contributed by atoms with Gasteiger partial charge in [-0.05, 0) is 0 Å². The van der Waals surface area contributed by atoms with Crippen LogP contribution in [-0.2, 0) is 31.0 Å². The van der Waals surface area contributed by atoms with Crippen molar-refractivity contribution >= 4 is 14.1 Å². The zero-order valence-corrected chi connectivity index (χ0v) is 10.0. The molecule has 0 bridgehead atoms. The minimum Gasteiger partial charge on any atom is -0.790 e. The summed E-state index contributed by atoms with van der Waals surface area (Å²) in [6, 6.07) is 0. The van der Waals surface area contributed by atoms with Crippen molar-refractivity contribution in [2.24, 2.45) is 0 Å². The first-order chi connectivity index (χ1) is 7.19. The maximum absolute atomic E-state index is 10.0. The van der Waals surface area contributed by atoms with E-state index in [1.807, 2.05) is 0 Å². The van der Waals surface area contributed by atoms with E-state index in [2.05, 4.69) is 4.52 Å². The molecule has 0 spiro atoms. The molecule has 9 nitrogen and oxygen atoms in total. The van der Waals surface area contributed by atoms with Crippen LogP contribution in [0.5, 0.6) is 0 Å². The van der Waals surface area contributed by atoms with E-state index < -0.39 is 38.8 Å². The van der Waals surface area contributed by atoms with Crippen LogP contribution in [0.3, 0.4) is 0 Å². The van der Waals surface area contributed by atoms with Gasteiger partial charge in [0.1, 0.15) is 24.4 Å². The topological polar surface area (TPSA) is 170 Å². The maximum atomic E-state index is 10.0. The van der Waals surface area contributed by atoms with E-state index in [0.717, 1.165) is 0 Å². The fraction of sp³-hybridized carbons (Fsp3) is 0.833. The Bertz CT molecular complexity index is 268. The van der Waals surface area contributed by atoms with Crippen LogP contribution in [-0.4, -0.2) is 57.7 Å². The number of carbonyl (C=O) groups is 1. The van der Waals surface area contributed by atoms with Gasteiger partial charge in [0.15, 0.2) is 6.29 Å². The number of phosphoric ester groups is 1. The fourth-order valence-electron chi connectivity index (χ4n) is 0.776. The van der Waals surface area contributed by atoms with Crippen molar-refractivity contribution < 1.29 is 61.2 Å². The molecule has 0 heterocycles. The third kappa shape index (κ3) is 7.96. The first kappa shape index (κ1) is 19.5. The molecule has 11 heteroatoms. The first-order valence-corrected chi connectivity index (χ1v) is 5.49. The minimum absolute atomic E-state index is 0. The van der Waals surface area contributed by atoms with Gasteiger partial charge in [-0.2, -0.15) is 0 Å². The van der Waals surface area contributed by atoms with Gasteiger partial charge < -0.3 is 44.1 Å². The second-order valence-corrected chi connectivity index (χ2v) is 4.07. The molecule has 17 heavy (non-hydrogen) atoms. The molecule has 0 aromatic carbocycles. The van der Waals surface area contributed by atoms with Crippen molar-refractivity contribution in [1.29, 1.82) is 0 Å². The normalized spacial score (nSPS) is 18.7. The Morgan fingerprint density at radius 3 is 2.00 bits per heavy atom. The molecule has 0 saturated carbocycles. The molecule has 1 radical (unpaired) electrons. The molecule has 0 saturated heterocycles. The summed E-state index contributed by atoms with van der Waals surface area (Å²) in [5.74, 6) is 0. The summed E-state index contributed by atoms with van der Waals surface area (Å²) in [6.45, 7) is -1.09. The number of hydrogen-bond donors (Lipinski definition) is 4. The monoisotopic (exact) mass is 321 g/mol. The van der Waals surface area contributed by atoms with E-state index in [-0.39, 0.29) is 23.4 Å². The largest absolute Gasteiger partial charge is 2.00 e. The van der Waals surface area contributed by atoms with E-state index >= 15 is 0 Å². The smallest absolute Gasteiger partial charge is 0.790 e. The molecule has 0 aromatic rings. The van der Waals surface area contributed by atoms with Crippen molar-refractivity contribution in [2.75, 3.05) is 6.61 Å². The summed E-state index contributed by atoms with van der Waals surface area (Å²) < 4.78 is 13.6. The van der Waals surface area contributed by atoms with Gasteiger partial charge in [-0.15, -0.1) is 0 Å². The molecule has 0 unspecified atom stereocenters. The van der Waals surface area contributed by atoms with Crippen LogP contribution in [0, 0.1) is 0 Å². The summed E-state index contributed by atoms with van der Waals surface area (Å²) in [6.07, 6.45) is -8.04. The number of aliphatic hydroxyl groups excluding tert-OH is 4. The van der Waals surface area contributed by atoms with Crippen molar-refractivity contribution in [1.82, 2.24) is 0 Å². The second-order valence-electron chi connectivity index (χ2n) is 2.92. The molecule has 0 aliphatic heterocycles. The van der Waals surface area contributed by atoms with E-state index in [9.17, 15) is 19.1 Å². The molecular weight excluding hydrogens is 311 g/mol. The van der Waals surface area contributed by atoms with Gasteiger partial charge in [0.2, 0.25) is 0 Å². The van der Waals surface area contributed by atoms with Gasteiger partial charge in [0.05, 0.1) is 14.4 Å². The molecule has 4 atom stereocenters. The Labute approximate surface area is 107 Å². The Morgan fingerprint density at radius 1 is 1.18 bits per heavy atom. The molecule has 0 rings (SSSR count). The number of aliphatic hydroxyl groups is 4. The first-order valence-electron chi connectivity index (χ1n) is 4.03. The molecule has 0 aliphatic rings. The third-order valence-electron chi connectivity index (χ3n) is 1.64. The van der Waals surface area contributed by atoms with Crippen LogP contribution < -0.4 is 9.79 Å². The van der Waals surface area contributed by atoms with Crippen LogP contribution in [0.2, 0.25) is 0 Å². The molecule has 0 aliphatic carbocycles. The third-order valence-corrected chi connectivity index (χ3v) is 2.10. The summed E-state index contributed by atoms with van der Waals surface area (Å²) in [4.78, 5) is 30.0. The Morgan fingerprint density at radius 2 is 1.65 bits per heavy atom. The summed E-state index contributed by atoms with van der Waals surface area (Å²) >= 11 is 0. The zero-order chi connectivity index (χ0) is 12.9. The molecule has 0 aromatic heterocycles. The number of aldehydes is 1. The molecular formula is C6H11CuO9P. The SMILES string of the molecule is O=C[C@H](O)[C@@H](O)[C@H](O)[C@H](O)COP(=O)([O-])[O-].[Cu+2]. The summed E-state index contributed by atoms with van der Waals surface area (Å²) in [5.41, 5.74) is 0. The van der Waals surface area contributed by atoms with Crippen LogP contribution in [0.1, 0.15) is 0 Å². The standard InChI is InChI=1S/C6H13O9P.Cu/c7-1-3(8)5(10)6(11)4(9)2-15-16(12,13)14;/h1,3-6,8-11H,2H2,(H2,12,13,14);/q;+2/p-2/t3-,4+,5+,6+;/m0./s1. The molecule has 0 amide bonds. The van der Waals surface area contributed by atoms with Crippen LogP contribution >= 0.6 is 7.82 Å². The van der Waals surface area contributed by atoms with Gasteiger partial charge in [0, 0.05) is 0 Å². The van der Waals surface area contributed by atoms with Gasteiger partial charge in [0.25, 0.3) is 0 Å². The van der Waals surface area contributed by atoms with Crippen molar-refractivity contribution in [2.45, 2.75) is 24.4 Å². The van der Waals surface area contributed by atoms with Crippen molar-refractivity contribution in [3.05, 3.63) is 0 Å². The van der Waals surface area contributed by atoms with Crippen molar-refractivity contribution in [3.63, 3.8) is 0 Å². The fourth-order valence-corrected chi connectivity index (χ4v) is 1.11. The maximum Gasteiger partial charge on any atom is 2.00 e. The van der Waals surface area contributed by atoms with Crippen LogP contribution in [0.4, 0.5) is 0 Å². The number of carbonyl (C=O) groups excluding carboxylic acids is 1. The predicted octanol–water partition coefficient (Wildman–Crippen LogP) is -4.53. The zero-order valence-electron chi connectivity index (χ0n) is 8.17. The predicted molar refractivity (Wildman–Crippen MR) is 43.6 cm³/mol. The van der Waals surface area contributed by atoms with E-state index in [0.29, 0.717) is 0 Å². The summed E-state index contributed by atoms with van der Waals surface area (Å²) in [7, 11) is -5.30. The van der Waals surface area contributed by atoms with Gasteiger partial charge in [-0.3, -0.25) is 0 Å². The van der Waals surface area contributed by atoms with Gasteiger partial charge >= 0.3 is 17.1 Å². The number of phosphoric acid groups is 1. The Hall–Kier alpha value is 0.139. The molecule has 0 fully saturated rings. The van der Waals surface area contributed by atoms with Crippen LogP contribution in [0.25, 0.3) is 0 Å².